The van der Waals surface area contributed by atoms with Gasteiger partial charge in [-0.15, -0.1) is 0 Å². The average Bonchev–Trinajstić information content (AvgIpc) is 2.51. The average molecular weight is 410 g/mol. The van der Waals surface area contributed by atoms with E-state index in [1.54, 1.807) is 19.1 Å². The van der Waals surface area contributed by atoms with Gasteiger partial charge in [-0.3, -0.25) is 14.5 Å². The molecule has 1 aliphatic heterocycles. The van der Waals surface area contributed by atoms with Crippen molar-refractivity contribution < 1.29 is 35.9 Å². The number of hydrogen-bond acceptors (Lipinski definition) is 2. The van der Waals surface area contributed by atoms with Crippen molar-refractivity contribution in [2.45, 2.75) is 63.5 Å². The number of fused-ring (bicyclic) bond motifs is 1. The van der Waals surface area contributed by atoms with E-state index in [2.05, 4.69) is 5.32 Å². The molecule has 1 aliphatic rings. The van der Waals surface area contributed by atoms with Gasteiger partial charge in [0.05, 0.1) is 0 Å². The van der Waals surface area contributed by atoms with Crippen LogP contribution in [0.4, 0.5) is 32.0 Å². The molecule has 10 heteroatoms. The minimum atomic E-state index is -4.79. The fourth-order valence-electron chi connectivity index (χ4n) is 3.56. The van der Waals surface area contributed by atoms with E-state index in [-0.39, 0.29) is 18.5 Å². The molecule has 2 rings (SSSR count). The van der Waals surface area contributed by atoms with Gasteiger partial charge in [-0.1, -0.05) is 31.5 Å². The molecule has 4 nitrogen and oxygen atoms in total. The topological polar surface area (TPSA) is 49.4 Å². The van der Waals surface area contributed by atoms with Crippen molar-refractivity contribution in [2.75, 3.05) is 4.90 Å². The van der Waals surface area contributed by atoms with E-state index in [0.29, 0.717) is 18.4 Å². The Kier molecular flexibility index (Phi) is 6.30. The van der Waals surface area contributed by atoms with Crippen molar-refractivity contribution in [3.05, 3.63) is 29.8 Å². The molecule has 0 fully saturated rings. The second-order valence-corrected chi connectivity index (χ2v) is 6.77. The molecule has 0 aromatic heterocycles. The Balaban J connectivity index is 2.48. The van der Waals surface area contributed by atoms with Crippen molar-refractivity contribution >= 4 is 17.5 Å². The highest BCUT2D eigenvalue weighted by Gasteiger charge is 2.48. The number of nitrogens with one attached hydrogen (secondary N) is 1. The third-order valence-corrected chi connectivity index (χ3v) is 4.47. The summed E-state index contributed by atoms with van der Waals surface area (Å²) in [6.45, 7) is 1.67. The first-order valence-electron chi connectivity index (χ1n) is 8.72. The number of halogens is 6. The molecule has 2 amide bonds. The smallest absolute Gasteiger partial charge is 0.333 e. The molecular weight excluding hydrogens is 390 g/mol. The highest BCUT2D eigenvalue weighted by atomic mass is 19.4. The van der Waals surface area contributed by atoms with Crippen molar-refractivity contribution in [2.24, 2.45) is 0 Å². The van der Waals surface area contributed by atoms with Crippen LogP contribution in [-0.2, 0) is 16.0 Å². The Hall–Kier alpha value is -2.26. The number of alkyl halides is 6. The number of para-hydroxylation sites is 1. The van der Waals surface area contributed by atoms with E-state index in [0.717, 1.165) is 4.90 Å². The molecule has 28 heavy (non-hydrogen) atoms. The Morgan fingerprint density at radius 1 is 1.07 bits per heavy atom. The zero-order valence-corrected chi connectivity index (χ0v) is 15.1. The fourth-order valence-corrected chi connectivity index (χ4v) is 3.56. The summed E-state index contributed by atoms with van der Waals surface area (Å²) < 4.78 is 76.4. The van der Waals surface area contributed by atoms with Crippen LogP contribution in [0.25, 0.3) is 0 Å². The van der Waals surface area contributed by atoms with Gasteiger partial charge >= 0.3 is 12.4 Å². The third kappa shape index (κ3) is 5.39. The maximum Gasteiger partial charge on any atom is 0.397 e. The van der Waals surface area contributed by atoms with Crippen LogP contribution in [0.3, 0.4) is 0 Å². The lowest BCUT2D eigenvalue weighted by molar-refractivity contribution is -0.155. The maximum absolute atomic E-state index is 12.9. The number of anilines is 1. The van der Waals surface area contributed by atoms with Crippen molar-refractivity contribution in [3.8, 4) is 0 Å². The zero-order valence-electron chi connectivity index (χ0n) is 15.1. The van der Waals surface area contributed by atoms with Gasteiger partial charge in [0.2, 0.25) is 11.8 Å². The van der Waals surface area contributed by atoms with Crippen LogP contribution in [0.1, 0.15) is 44.6 Å². The highest BCUT2D eigenvalue weighted by molar-refractivity contribution is 5.97. The maximum atomic E-state index is 12.9. The van der Waals surface area contributed by atoms with Crippen molar-refractivity contribution in [1.29, 1.82) is 0 Å². The lowest BCUT2D eigenvalue weighted by atomic mass is 9.86. The van der Waals surface area contributed by atoms with E-state index in [1.165, 1.54) is 12.1 Å². The largest absolute Gasteiger partial charge is 0.397 e. The number of benzene rings is 1. The number of hydrogen-bond donors (Lipinski definition) is 1. The van der Waals surface area contributed by atoms with Gasteiger partial charge in [-0.05, 0) is 30.9 Å². The predicted molar refractivity (Wildman–Crippen MR) is 89.4 cm³/mol. The van der Waals surface area contributed by atoms with E-state index in [9.17, 15) is 35.9 Å². The van der Waals surface area contributed by atoms with Crippen LogP contribution in [0.2, 0.25) is 0 Å². The van der Waals surface area contributed by atoms with Gasteiger partial charge in [0.1, 0.15) is 18.5 Å². The molecule has 0 saturated heterocycles. The van der Waals surface area contributed by atoms with Crippen LogP contribution in [0, 0.1) is 0 Å². The number of aryl methyl sites for hydroxylation is 1. The van der Waals surface area contributed by atoms with Crippen LogP contribution < -0.4 is 10.2 Å². The molecule has 1 unspecified atom stereocenters. The number of carbonyl (C=O) groups excluding carboxylic acids is 2. The van der Waals surface area contributed by atoms with Gasteiger partial charge in [-0.25, -0.2) is 0 Å². The Morgan fingerprint density at radius 2 is 1.68 bits per heavy atom. The summed E-state index contributed by atoms with van der Waals surface area (Å²) >= 11 is 0. The molecule has 1 heterocycles. The van der Waals surface area contributed by atoms with Crippen LogP contribution >= 0.6 is 0 Å². The monoisotopic (exact) mass is 410 g/mol. The first-order valence-corrected chi connectivity index (χ1v) is 8.72. The fraction of sp³-hybridized carbons (Fsp3) is 0.556. The third-order valence-electron chi connectivity index (χ3n) is 4.47. The Morgan fingerprint density at radius 3 is 2.25 bits per heavy atom. The van der Waals surface area contributed by atoms with E-state index in [1.807, 2.05) is 0 Å². The summed E-state index contributed by atoms with van der Waals surface area (Å²) in [6.07, 6.45) is -12.4. The van der Waals surface area contributed by atoms with Crippen LogP contribution in [0.5, 0.6) is 0 Å². The Labute approximate surface area is 157 Å². The minimum absolute atomic E-state index is 0.0189. The SMILES string of the molecule is CCCC1(NC(=O)CC(F)(F)F)CCc2ccccc2N1C(=O)CC(F)(F)F. The van der Waals surface area contributed by atoms with Gasteiger partial charge < -0.3 is 5.32 Å². The van der Waals surface area contributed by atoms with Gasteiger partial charge in [-0.2, -0.15) is 26.3 Å². The molecule has 0 bridgehead atoms. The highest BCUT2D eigenvalue weighted by Crippen LogP contribution is 2.40. The second kappa shape index (κ2) is 8.00. The van der Waals surface area contributed by atoms with E-state index in [4.69, 9.17) is 0 Å². The summed E-state index contributed by atoms with van der Waals surface area (Å²) in [5.41, 5.74) is -0.882. The molecule has 1 atom stereocenters. The van der Waals surface area contributed by atoms with E-state index >= 15 is 0 Å². The summed E-state index contributed by atoms with van der Waals surface area (Å²) in [5.74, 6) is -2.70. The lowest BCUT2D eigenvalue weighted by Crippen LogP contribution is -2.65. The predicted octanol–water partition coefficient (Wildman–Crippen LogP) is 4.48. The first kappa shape index (κ1) is 22.0. The molecule has 0 spiro atoms. The molecule has 0 aliphatic carbocycles. The first-order chi connectivity index (χ1) is 12.9. The molecule has 1 N–H and O–H groups in total. The molecular formula is C18H20F6N2O2. The number of rotatable bonds is 5. The van der Waals surface area contributed by atoms with Crippen LogP contribution in [-0.4, -0.2) is 29.8 Å². The number of amides is 2. The van der Waals surface area contributed by atoms with Crippen molar-refractivity contribution in [3.63, 3.8) is 0 Å². The summed E-state index contributed by atoms with van der Waals surface area (Å²) in [7, 11) is 0. The summed E-state index contributed by atoms with van der Waals surface area (Å²) in [4.78, 5) is 25.4. The van der Waals surface area contributed by atoms with Gasteiger partial charge in [0.15, 0.2) is 0 Å². The van der Waals surface area contributed by atoms with Gasteiger partial charge in [0.25, 0.3) is 0 Å². The van der Waals surface area contributed by atoms with Crippen LogP contribution in [0.15, 0.2) is 24.3 Å². The second-order valence-electron chi connectivity index (χ2n) is 6.77. The lowest BCUT2D eigenvalue weighted by Gasteiger charge is -2.48. The number of nitrogens with zero attached hydrogens (tertiary/aromatic N) is 1. The molecule has 156 valence electrons. The van der Waals surface area contributed by atoms with Gasteiger partial charge in [0, 0.05) is 5.69 Å². The van der Waals surface area contributed by atoms with Crippen molar-refractivity contribution in [1.82, 2.24) is 5.32 Å². The minimum Gasteiger partial charge on any atom is -0.333 e. The summed E-state index contributed by atoms with van der Waals surface area (Å²) in [6, 6.07) is 6.24. The standard InChI is InChI=1S/C18H20F6N2O2/c1-2-8-16(25-14(27)10-17(19,20)21)9-7-12-5-3-4-6-13(12)26(16)15(28)11-18(22,23)24/h3-6H,2,7-11H2,1H3,(H,25,27). The zero-order chi connectivity index (χ0) is 21.2. The molecule has 0 radical (unpaired) electrons. The quantitative estimate of drug-likeness (QED) is 0.728. The molecule has 0 saturated carbocycles. The van der Waals surface area contributed by atoms with E-state index < -0.39 is 42.7 Å². The Bertz CT molecular complexity index is 732. The molecule has 1 aromatic carbocycles. The number of carbonyl (C=O) groups is 2. The molecule has 1 aromatic rings. The summed E-state index contributed by atoms with van der Waals surface area (Å²) in [5, 5.41) is 2.23. The normalized spacial score (nSPS) is 19.9.